The molecule has 1 N–H and O–H groups in total. The number of halogens is 1. The number of aromatic nitrogens is 2. The molecule has 1 aromatic heterocycles. The highest BCUT2D eigenvalue weighted by Gasteiger charge is 2.26. The molecule has 0 spiro atoms. The standard InChI is InChI=1S/C18H16ClN3O2S2/c19-14-6-8-15(9-7-14)22-18(16-10-25-11-17(16)20-22)21-26(23,24)12-13-4-2-1-3-5-13/h1-9,21H,10-12H2. The number of rotatable bonds is 5. The summed E-state index contributed by atoms with van der Waals surface area (Å²) in [6.45, 7) is 0. The zero-order valence-electron chi connectivity index (χ0n) is 13.7. The van der Waals surface area contributed by atoms with Crippen LogP contribution in [0.3, 0.4) is 0 Å². The van der Waals surface area contributed by atoms with Crippen LogP contribution in [0.15, 0.2) is 54.6 Å². The Hall–Kier alpha value is -1.96. The first-order valence-corrected chi connectivity index (χ1v) is 11.2. The Balaban J connectivity index is 1.70. The summed E-state index contributed by atoms with van der Waals surface area (Å²) in [5.41, 5.74) is 3.37. The van der Waals surface area contributed by atoms with E-state index in [1.807, 2.05) is 30.3 Å². The van der Waals surface area contributed by atoms with Gasteiger partial charge in [0.25, 0.3) is 0 Å². The lowest BCUT2D eigenvalue weighted by Gasteiger charge is -2.12. The molecule has 5 nitrogen and oxygen atoms in total. The number of nitrogens with zero attached hydrogens (tertiary/aromatic N) is 2. The number of hydrogen-bond acceptors (Lipinski definition) is 4. The summed E-state index contributed by atoms with van der Waals surface area (Å²) < 4.78 is 29.9. The normalized spacial score (nSPS) is 13.6. The van der Waals surface area contributed by atoms with Crippen LogP contribution in [-0.4, -0.2) is 18.2 Å². The maximum Gasteiger partial charge on any atom is 0.238 e. The number of thioether (sulfide) groups is 1. The first-order chi connectivity index (χ1) is 12.5. The van der Waals surface area contributed by atoms with Gasteiger partial charge < -0.3 is 0 Å². The minimum Gasteiger partial charge on any atom is -0.267 e. The average molecular weight is 406 g/mol. The largest absolute Gasteiger partial charge is 0.267 e. The second-order valence-corrected chi connectivity index (χ2v) is 9.15. The van der Waals surface area contributed by atoms with E-state index in [-0.39, 0.29) is 5.75 Å². The van der Waals surface area contributed by atoms with E-state index in [9.17, 15) is 8.42 Å². The Morgan fingerprint density at radius 3 is 2.54 bits per heavy atom. The minimum atomic E-state index is -3.56. The molecule has 4 rings (SSSR count). The molecular weight excluding hydrogens is 390 g/mol. The fourth-order valence-electron chi connectivity index (χ4n) is 2.86. The van der Waals surface area contributed by atoms with Crippen LogP contribution in [0.4, 0.5) is 5.82 Å². The van der Waals surface area contributed by atoms with Crippen molar-refractivity contribution in [2.24, 2.45) is 0 Å². The van der Waals surface area contributed by atoms with Gasteiger partial charge in [0.1, 0.15) is 5.82 Å². The average Bonchev–Trinajstić information content (AvgIpc) is 3.19. The van der Waals surface area contributed by atoms with Crippen LogP contribution in [0.2, 0.25) is 5.02 Å². The smallest absolute Gasteiger partial charge is 0.238 e. The number of nitrogens with one attached hydrogen (secondary N) is 1. The van der Waals surface area contributed by atoms with E-state index in [1.54, 1.807) is 40.7 Å². The molecule has 0 aliphatic carbocycles. The van der Waals surface area contributed by atoms with Crippen LogP contribution in [0.25, 0.3) is 5.69 Å². The van der Waals surface area contributed by atoms with Gasteiger partial charge >= 0.3 is 0 Å². The quantitative estimate of drug-likeness (QED) is 0.690. The number of anilines is 1. The molecule has 0 saturated carbocycles. The van der Waals surface area contributed by atoms with Crippen LogP contribution >= 0.6 is 23.4 Å². The van der Waals surface area contributed by atoms with Gasteiger partial charge in [-0.2, -0.15) is 16.9 Å². The molecule has 26 heavy (non-hydrogen) atoms. The molecule has 0 saturated heterocycles. The number of hydrogen-bond donors (Lipinski definition) is 1. The third kappa shape index (κ3) is 3.60. The summed E-state index contributed by atoms with van der Waals surface area (Å²) >= 11 is 7.69. The molecule has 2 aromatic carbocycles. The second-order valence-electron chi connectivity index (χ2n) is 6.00. The van der Waals surface area contributed by atoms with Crippen LogP contribution in [0.1, 0.15) is 16.8 Å². The van der Waals surface area contributed by atoms with Crippen molar-refractivity contribution in [2.45, 2.75) is 17.3 Å². The van der Waals surface area contributed by atoms with E-state index in [0.717, 1.165) is 34.0 Å². The zero-order valence-corrected chi connectivity index (χ0v) is 16.1. The number of benzene rings is 2. The summed E-state index contributed by atoms with van der Waals surface area (Å²) in [5, 5.41) is 5.23. The third-order valence-electron chi connectivity index (χ3n) is 4.07. The van der Waals surface area contributed by atoms with E-state index in [1.165, 1.54) is 0 Å². The topological polar surface area (TPSA) is 64.0 Å². The maximum atomic E-state index is 12.7. The fourth-order valence-corrected chi connectivity index (χ4v) is 5.23. The van der Waals surface area contributed by atoms with Crippen molar-refractivity contribution in [3.63, 3.8) is 0 Å². The summed E-state index contributed by atoms with van der Waals surface area (Å²) in [6, 6.07) is 16.3. The van der Waals surface area contributed by atoms with Crippen LogP contribution in [-0.2, 0) is 27.3 Å². The first kappa shape index (κ1) is 17.5. The summed E-state index contributed by atoms with van der Waals surface area (Å²) in [5.74, 6) is 1.96. The maximum absolute atomic E-state index is 12.7. The Morgan fingerprint density at radius 1 is 1.08 bits per heavy atom. The predicted molar refractivity (Wildman–Crippen MR) is 106 cm³/mol. The van der Waals surface area contributed by atoms with Gasteiger partial charge in [0.2, 0.25) is 10.0 Å². The molecule has 0 unspecified atom stereocenters. The first-order valence-electron chi connectivity index (χ1n) is 8.01. The van der Waals surface area contributed by atoms with Gasteiger partial charge in [0.05, 0.1) is 17.1 Å². The Bertz CT molecular complexity index is 1030. The van der Waals surface area contributed by atoms with Gasteiger partial charge in [0, 0.05) is 22.1 Å². The molecule has 0 fully saturated rings. The van der Waals surface area contributed by atoms with Crippen molar-refractivity contribution in [3.8, 4) is 5.69 Å². The third-order valence-corrected chi connectivity index (χ3v) is 6.51. The molecule has 0 atom stereocenters. The summed E-state index contributed by atoms with van der Waals surface area (Å²) in [6.07, 6.45) is 0. The SMILES string of the molecule is O=S(=O)(Cc1ccccc1)Nc1c2c(nn1-c1ccc(Cl)cc1)CSC2. The highest BCUT2D eigenvalue weighted by atomic mass is 35.5. The fraction of sp³-hybridized carbons (Fsp3) is 0.167. The van der Waals surface area contributed by atoms with Gasteiger partial charge in [0.15, 0.2) is 0 Å². The number of sulfonamides is 1. The van der Waals surface area contributed by atoms with Gasteiger partial charge in [-0.05, 0) is 29.8 Å². The van der Waals surface area contributed by atoms with Crippen molar-refractivity contribution in [2.75, 3.05) is 4.72 Å². The highest BCUT2D eigenvalue weighted by molar-refractivity contribution is 7.98. The minimum absolute atomic E-state index is 0.0818. The highest BCUT2D eigenvalue weighted by Crippen LogP contribution is 2.36. The molecule has 1 aliphatic heterocycles. The van der Waals surface area contributed by atoms with Crippen molar-refractivity contribution >= 4 is 39.2 Å². The summed E-state index contributed by atoms with van der Waals surface area (Å²) in [4.78, 5) is 0. The Labute approximate surface area is 161 Å². The van der Waals surface area contributed by atoms with E-state index in [4.69, 9.17) is 11.6 Å². The second kappa shape index (κ2) is 6.98. The van der Waals surface area contributed by atoms with Gasteiger partial charge in [-0.25, -0.2) is 13.1 Å². The lowest BCUT2D eigenvalue weighted by Crippen LogP contribution is -2.18. The van der Waals surface area contributed by atoms with E-state index in [2.05, 4.69) is 9.82 Å². The molecule has 3 aromatic rings. The Kier molecular flexibility index (Phi) is 4.69. The van der Waals surface area contributed by atoms with Crippen molar-refractivity contribution < 1.29 is 8.42 Å². The summed E-state index contributed by atoms with van der Waals surface area (Å²) in [7, 11) is -3.56. The molecular formula is C18H16ClN3O2S2. The molecule has 0 amide bonds. The van der Waals surface area contributed by atoms with Gasteiger partial charge in [-0.15, -0.1) is 0 Å². The van der Waals surface area contributed by atoms with Gasteiger partial charge in [-0.1, -0.05) is 41.9 Å². The van der Waals surface area contributed by atoms with Crippen LogP contribution in [0.5, 0.6) is 0 Å². The van der Waals surface area contributed by atoms with Gasteiger partial charge in [-0.3, -0.25) is 4.72 Å². The van der Waals surface area contributed by atoms with Crippen molar-refractivity contribution in [1.29, 1.82) is 0 Å². The lowest BCUT2D eigenvalue weighted by atomic mass is 10.2. The van der Waals surface area contributed by atoms with Crippen LogP contribution in [0, 0.1) is 0 Å². The van der Waals surface area contributed by atoms with E-state index >= 15 is 0 Å². The molecule has 8 heteroatoms. The molecule has 1 aliphatic rings. The zero-order chi connectivity index (χ0) is 18.1. The van der Waals surface area contributed by atoms with Crippen molar-refractivity contribution in [1.82, 2.24) is 9.78 Å². The predicted octanol–water partition coefficient (Wildman–Crippen LogP) is 4.21. The molecule has 134 valence electrons. The van der Waals surface area contributed by atoms with Crippen molar-refractivity contribution in [3.05, 3.63) is 76.4 Å². The molecule has 2 heterocycles. The molecule has 0 radical (unpaired) electrons. The van der Waals surface area contributed by atoms with Crippen LogP contribution < -0.4 is 4.72 Å². The van der Waals surface area contributed by atoms with E-state index in [0.29, 0.717) is 10.8 Å². The molecule has 0 bridgehead atoms. The number of fused-ring (bicyclic) bond motifs is 1. The van der Waals surface area contributed by atoms with E-state index < -0.39 is 10.0 Å². The monoisotopic (exact) mass is 405 g/mol. The lowest BCUT2D eigenvalue weighted by molar-refractivity contribution is 0.600. The Morgan fingerprint density at radius 2 is 1.81 bits per heavy atom.